The van der Waals surface area contributed by atoms with Gasteiger partial charge in [0.25, 0.3) is 5.91 Å². The van der Waals surface area contributed by atoms with Gasteiger partial charge in [0.1, 0.15) is 5.82 Å². The van der Waals surface area contributed by atoms with Crippen molar-refractivity contribution in [2.45, 2.75) is 13.3 Å². The van der Waals surface area contributed by atoms with Crippen LogP contribution in [-0.4, -0.2) is 38.2 Å². The van der Waals surface area contributed by atoms with E-state index in [4.69, 9.17) is 15.2 Å². The van der Waals surface area contributed by atoms with Crippen LogP contribution in [0.5, 0.6) is 11.5 Å². The van der Waals surface area contributed by atoms with Crippen molar-refractivity contribution in [3.05, 3.63) is 53.3 Å². The van der Waals surface area contributed by atoms with Crippen molar-refractivity contribution in [2.24, 2.45) is 10.7 Å². The fourth-order valence-electron chi connectivity index (χ4n) is 2.61. The summed E-state index contributed by atoms with van der Waals surface area (Å²) in [5.41, 5.74) is 7.37. The second-order valence-electron chi connectivity index (χ2n) is 6.32. The Morgan fingerprint density at radius 1 is 1.17 bits per heavy atom. The molecule has 7 nitrogen and oxygen atoms in total. The van der Waals surface area contributed by atoms with E-state index < -0.39 is 5.82 Å². The number of aryl methyl sites for hydroxylation is 1. The van der Waals surface area contributed by atoms with E-state index in [0.717, 1.165) is 12.1 Å². The predicted molar refractivity (Wildman–Crippen MR) is 121 cm³/mol. The van der Waals surface area contributed by atoms with E-state index in [1.165, 1.54) is 6.07 Å². The van der Waals surface area contributed by atoms with Crippen LogP contribution in [0, 0.1) is 12.7 Å². The largest absolute Gasteiger partial charge is 0.490 e. The summed E-state index contributed by atoms with van der Waals surface area (Å²) in [5.74, 6) is 0.810. The Morgan fingerprint density at radius 2 is 1.93 bits per heavy atom. The number of nitrogens with zero attached hydrogens (tertiary/aromatic N) is 1. The summed E-state index contributed by atoms with van der Waals surface area (Å²) in [4.78, 5) is 16.2. The summed E-state index contributed by atoms with van der Waals surface area (Å²) >= 11 is 0. The number of benzene rings is 2. The molecule has 0 saturated carbocycles. The highest BCUT2D eigenvalue weighted by molar-refractivity contribution is 14.0. The molecule has 29 heavy (non-hydrogen) atoms. The van der Waals surface area contributed by atoms with E-state index >= 15 is 0 Å². The number of amides is 1. The van der Waals surface area contributed by atoms with Gasteiger partial charge >= 0.3 is 0 Å². The minimum absolute atomic E-state index is 0. The molecule has 2 aromatic carbocycles. The van der Waals surface area contributed by atoms with Gasteiger partial charge in [-0.05, 0) is 36.8 Å². The molecule has 0 radical (unpaired) electrons. The van der Waals surface area contributed by atoms with Crippen LogP contribution in [0.4, 0.5) is 10.1 Å². The van der Waals surface area contributed by atoms with Crippen molar-refractivity contribution >= 4 is 41.5 Å². The van der Waals surface area contributed by atoms with Crippen LogP contribution >= 0.6 is 24.0 Å². The molecule has 1 aliphatic rings. The van der Waals surface area contributed by atoms with Crippen molar-refractivity contribution in [1.29, 1.82) is 0 Å². The van der Waals surface area contributed by atoms with Crippen LogP contribution < -0.4 is 25.8 Å². The van der Waals surface area contributed by atoms with Crippen molar-refractivity contribution in [3.63, 3.8) is 0 Å². The SMILES string of the molecule is Cc1ccc(C(=O)NCCN=C(N)Nc2ccc3c(c2)OCCCO3)cc1F.I. The van der Waals surface area contributed by atoms with E-state index in [1.54, 1.807) is 25.1 Å². The van der Waals surface area contributed by atoms with Crippen molar-refractivity contribution in [2.75, 3.05) is 31.6 Å². The van der Waals surface area contributed by atoms with Crippen LogP contribution in [0.3, 0.4) is 0 Å². The molecule has 1 aliphatic heterocycles. The lowest BCUT2D eigenvalue weighted by Gasteiger charge is -2.11. The number of carbonyl (C=O) groups is 1. The molecule has 2 aromatic rings. The van der Waals surface area contributed by atoms with Gasteiger partial charge in [0.15, 0.2) is 17.5 Å². The first kappa shape index (κ1) is 22.7. The van der Waals surface area contributed by atoms with Crippen molar-refractivity contribution < 1.29 is 18.7 Å². The quantitative estimate of drug-likeness (QED) is 0.247. The molecule has 0 unspecified atom stereocenters. The molecule has 1 amide bonds. The normalized spacial score (nSPS) is 13.1. The Balaban J connectivity index is 0.00000300. The van der Waals surface area contributed by atoms with Crippen LogP contribution in [0.2, 0.25) is 0 Å². The summed E-state index contributed by atoms with van der Waals surface area (Å²) < 4.78 is 24.7. The number of halogens is 2. The van der Waals surface area contributed by atoms with Crippen molar-refractivity contribution in [3.8, 4) is 11.5 Å². The predicted octanol–water partition coefficient (Wildman–Crippen LogP) is 3.07. The average Bonchev–Trinajstić information content (AvgIpc) is 2.92. The molecule has 0 atom stereocenters. The molecular formula is C20H24FIN4O3. The van der Waals surface area contributed by atoms with Gasteiger partial charge in [-0.15, -0.1) is 24.0 Å². The first-order valence-corrected chi connectivity index (χ1v) is 9.04. The van der Waals surface area contributed by atoms with Gasteiger partial charge in [0, 0.05) is 30.3 Å². The minimum atomic E-state index is -0.408. The van der Waals surface area contributed by atoms with Crippen LogP contribution in [-0.2, 0) is 0 Å². The molecule has 0 fully saturated rings. The minimum Gasteiger partial charge on any atom is -0.490 e. The lowest BCUT2D eigenvalue weighted by Crippen LogP contribution is -2.28. The number of nitrogens with two attached hydrogens (primary N) is 1. The Morgan fingerprint density at radius 3 is 2.69 bits per heavy atom. The zero-order valence-electron chi connectivity index (χ0n) is 16.0. The van der Waals surface area contributed by atoms with Gasteiger partial charge < -0.3 is 25.8 Å². The zero-order valence-corrected chi connectivity index (χ0v) is 18.4. The number of hydrogen-bond donors (Lipinski definition) is 3. The molecule has 156 valence electrons. The fourth-order valence-corrected chi connectivity index (χ4v) is 2.61. The summed E-state index contributed by atoms with van der Waals surface area (Å²) in [6.07, 6.45) is 0.835. The van der Waals surface area contributed by atoms with Gasteiger partial charge in [0.2, 0.25) is 0 Å². The number of aliphatic imine (C=N–C) groups is 1. The Hall–Kier alpha value is -2.56. The maximum Gasteiger partial charge on any atom is 0.251 e. The number of guanidine groups is 1. The van der Waals surface area contributed by atoms with Gasteiger partial charge in [-0.1, -0.05) is 6.07 Å². The average molecular weight is 514 g/mol. The highest BCUT2D eigenvalue weighted by Gasteiger charge is 2.11. The second-order valence-corrected chi connectivity index (χ2v) is 6.32. The fraction of sp³-hybridized carbons (Fsp3) is 0.300. The van der Waals surface area contributed by atoms with Gasteiger partial charge in [-0.25, -0.2) is 4.39 Å². The maximum atomic E-state index is 13.5. The lowest BCUT2D eigenvalue weighted by atomic mass is 10.1. The summed E-state index contributed by atoms with van der Waals surface area (Å²) in [5, 5.41) is 5.66. The van der Waals surface area contributed by atoms with Crippen LogP contribution in [0.15, 0.2) is 41.4 Å². The molecule has 1 heterocycles. The lowest BCUT2D eigenvalue weighted by molar-refractivity contribution is 0.0954. The first-order chi connectivity index (χ1) is 13.5. The van der Waals surface area contributed by atoms with Crippen LogP contribution in [0.25, 0.3) is 0 Å². The standard InChI is InChI=1S/C20H23FN4O3.HI/c1-13-3-4-14(11-16(13)21)19(26)23-7-8-24-20(22)25-15-5-6-17-18(12-15)28-10-2-9-27-17;/h3-6,11-12H,2,7-10H2,1H3,(H,23,26)(H3,22,24,25);1H. The summed E-state index contributed by atoms with van der Waals surface area (Å²) in [6, 6.07) is 9.81. The molecule has 4 N–H and O–H groups in total. The number of ether oxygens (including phenoxy) is 2. The molecule has 0 aromatic heterocycles. The topological polar surface area (TPSA) is 98.0 Å². The number of rotatable bonds is 5. The molecule has 9 heteroatoms. The number of anilines is 1. The third-order valence-corrected chi connectivity index (χ3v) is 4.13. The number of hydrogen-bond acceptors (Lipinski definition) is 4. The number of fused-ring (bicyclic) bond motifs is 1. The van der Waals surface area contributed by atoms with E-state index in [0.29, 0.717) is 30.3 Å². The van der Waals surface area contributed by atoms with Gasteiger partial charge in [-0.2, -0.15) is 0 Å². The maximum absolute atomic E-state index is 13.5. The zero-order chi connectivity index (χ0) is 19.9. The summed E-state index contributed by atoms with van der Waals surface area (Å²) in [7, 11) is 0. The van der Waals surface area contributed by atoms with Gasteiger partial charge in [-0.3, -0.25) is 9.79 Å². The van der Waals surface area contributed by atoms with Gasteiger partial charge in [0.05, 0.1) is 19.8 Å². The van der Waals surface area contributed by atoms with Crippen molar-refractivity contribution in [1.82, 2.24) is 5.32 Å². The molecule has 0 aliphatic carbocycles. The summed E-state index contributed by atoms with van der Waals surface area (Å²) in [6.45, 7) is 3.43. The molecule has 0 saturated heterocycles. The third-order valence-electron chi connectivity index (χ3n) is 4.13. The third kappa shape index (κ3) is 6.48. The monoisotopic (exact) mass is 514 g/mol. The first-order valence-electron chi connectivity index (χ1n) is 9.04. The smallest absolute Gasteiger partial charge is 0.251 e. The second kappa shape index (κ2) is 10.8. The Kier molecular flexibility index (Phi) is 8.50. The molecular weight excluding hydrogens is 490 g/mol. The molecule has 3 rings (SSSR count). The highest BCUT2D eigenvalue weighted by atomic mass is 127. The Bertz CT molecular complexity index is 892. The van der Waals surface area contributed by atoms with E-state index in [1.807, 2.05) is 12.1 Å². The van der Waals surface area contributed by atoms with E-state index in [9.17, 15) is 9.18 Å². The number of nitrogens with one attached hydrogen (secondary N) is 2. The Labute approximate surface area is 185 Å². The molecule has 0 bridgehead atoms. The van der Waals surface area contributed by atoms with E-state index in [2.05, 4.69) is 15.6 Å². The highest BCUT2D eigenvalue weighted by Crippen LogP contribution is 2.32. The molecule has 0 spiro atoms. The van der Waals surface area contributed by atoms with Crippen LogP contribution in [0.1, 0.15) is 22.3 Å². The number of carbonyl (C=O) groups excluding carboxylic acids is 1. The van der Waals surface area contributed by atoms with E-state index in [-0.39, 0.29) is 54.5 Å².